The minimum absolute atomic E-state index is 0.119. The summed E-state index contributed by atoms with van der Waals surface area (Å²) in [4.78, 5) is 15.1. The summed E-state index contributed by atoms with van der Waals surface area (Å²) in [5, 5.41) is 0. The number of rotatable bonds is 3. The molecule has 1 aliphatic rings. The molecule has 3 heterocycles. The van der Waals surface area contributed by atoms with E-state index >= 15 is 0 Å². The third-order valence-electron chi connectivity index (χ3n) is 4.11. The summed E-state index contributed by atoms with van der Waals surface area (Å²) in [7, 11) is 1.31. The van der Waals surface area contributed by atoms with Crippen LogP contribution in [0, 0.1) is 11.6 Å². The Hall–Kier alpha value is -3.09. The molecule has 1 aliphatic heterocycles. The predicted molar refractivity (Wildman–Crippen MR) is 88.1 cm³/mol. The standard InChI is InChI=1S/C18H14F2N4O/c1-25-16-7-12(6-13(19)17(16)20)24-9-11-8-22-18(23-15(11)10-24)14-4-2-3-5-21-14/h2-8H,9-10H2,1H3. The van der Waals surface area contributed by atoms with E-state index in [0.717, 1.165) is 17.3 Å². The molecule has 1 aromatic carbocycles. The van der Waals surface area contributed by atoms with Crippen molar-refractivity contribution >= 4 is 5.69 Å². The molecule has 0 N–H and O–H groups in total. The molecule has 0 saturated heterocycles. The lowest BCUT2D eigenvalue weighted by Crippen LogP contribution is -2.15. The van der Waals surface area contributed by atoms with Crippen molar-refractivity contribution in [1.82, 2.24) is 15.0 Å². The lowest BCUT2D eigenvalue weighted by atomic mass is 10.2. The monoisotopic (exact) mass is 340 g/mol. The number of fused-ring (bicyclic) bond motifs is 1. The number of halogens is 2. The molecule has 5 nitrogen and oxygen atoms in total. The number of ether oxygens (including phenoxy) is 1. The van der Waals surface area contributed by atoms with E-state index in [0.29, 0.717) is 30.3 Å². The average Bonchev–Trinajstić information content (AvgIpc) is 3.08. The van der Waals surface area contributed by atoms with E-state index < -0.39 is 11.6 Å². The van der Waals surface area contributed by atoms with Crippen LogP contribution in [-0.4, -0.2) is 22.1 Å². The van der Waals surface area contributed by atoms with Gasteiger partial charge in [0.25, 0.3) is 0 Å². The maximum Gasteiger partial charge on any atom is 0.200 e. The largest absolute Gasteiger partial charge is 0.493 e. The molecule has 0 amide bonds. The van der Waals surface area contributed by atoms with Crippen molar-refractivity contribution in [2.45, 2.75) is 13.1 Å². The molecule has 4 rings (SSSR count). The van der Waals surface area contributed by atoms with Gasteiger partial charge in [0.05, 0.1) is 19.3 Å². The van der Waals surface area contributed by atoms with Crippen LogP contribution in [0.5, 0.6) is 5.75 Å². The molecule has 3 aromatic rings. The van der Waals surface area contributed by atoms with E-state index in [4.69, 9.17) is 4.74 Å². The van der Waals surface area contributed by atoms with Crippen molar-refractivity contribution in [3.63, 3.8) is 0 Å². The van der Waals surface area contributed by atoms with Crippen LogP contribution >= 0.6 is 0 Å². The number of aromatic nitrogens is 3. The smallest absolute Gasteiger partial charge is 0.200 e. The van der Waals surface area contributed by atoms with Crippen molar-refractivity contribution < 1.29 is 13.5 Å². The highest BCUT2D eigenvalue weighted by atomic mass is 19.2. The lowest BCUT2D eigenvalue weighted by molar-refractivity contribution is 0.372. The molecule has 0 saturated carbocycles. The van der Waals surface area contributed by atoms with Gasteiger partial charge in [-0.1, -0.05) is 6.07 Å². The number of benzene rings is 1. The van der Waals surface area contributed by atoms with Crippen LogP contribution in [0.15, 0.2) is 42.7 Å². The number of nitrogens with zero attached hydrogens (tertiary/aromatic N) is 4. The second-order valence-corrected chi connectivity index (χ2v) is 5.68. The lowest BCUT2D eigenvalue weighted by Gasteiger charge is -2.18. The summed E-state index contributed by atoms with van der Waals surface area (Å²) in [5.41, 5.74) is 3.02. The maximum absolute atomic E-state index is 13.8. The summed E-state index contributed by atoms with van der Waals surface area (Å²) in [6.45, 7) is 0.998. The Morgan fingerprint density at radius 1 is 1.12 bits per heavy atom. The van der Waals surface area contributed by atoms with Gasteiger partial charge in [-0.15, -0.1) is 0 Å². The van der Waals surface area contributed by atoms with Gasteiger partial charge in [-0.05, 0) is 12.1 Å². The maximum atomic E-state index is 13.8. The third kappa shape index (κ3) is 2.77. The summed E-state index contributed by atoms with van der Waals surface area (Å²) >= 11 is 0. The fourth-order valence-electron chi connectivity index (χ4n) is 2.84. The fraction of sp³-hybridized carbons (Fsp3) is 0.167. The Labute approximate surface area is 142 Å². The van der Waals surface area contributed by atoms with E-state index in [1.165, 1.54) is 13.2 Å². The number of hydrogen-bond donors (Lipinski definition) is 0. The highest BCUT2D eigenvalue weighted by Gasteiger charge is 2.24. The Morgan fingerprint density at radius 3 is 2.76 bits per heavy atom. The van der Waals surface area contributed by atoms with Gasteiger partial charge in [0, 0.05) is 42.3 Å². The molecule has 126 valence electrons. The van der Waals surface area contributed by atoms with Crippen LogP contribution in [0.4, 0.5) is 14.5 Å². The molecule has 0 atom stereocenters. The number of hydrogen-bond acceptors (Lipinski definition) is 5. The highest BCUT2D eigenvalue weighted by Crippen LogP contribution is 2.32. The van der Waals surface area contributed by atoms with Gasteiger partial charge in [-0.25, -0.2) is 14.4 Å². The van der Waals surface area contributed by atoms with Gasteiger partial charge in [0.1, 0.15) is 5.69 Å². The quantitative estimate of drug-likeness (QED) is 0.732. The SMILES string of the molecule is COc1cc(N2Cc3cnc(-c4ccccn4)nc3C2)cc(F)c1F. The second kappa shape index (κ2) is 6.08. The molecule has 0 aliphatic carbocycles. The average molecular weight is 340 g/mol. The molecule has 7 heteroatoms. The van der Waals surface area contributed by atoms with Crippen LogP contribution in [0.1, 0.15) is 11.3 Å². The molecule has 0 radical (unpaired) electrons. The minimum Gasteiger partial charge on any atom is -0.493 e. The number of pyridine rings is 1. The normalized spacial score (nSPS) is 13.0. The van der Waals surface area contributed by atoms with E-state index in [2.05, 4.69) is 15.0 Å². The first-order valence-corrected chi connectivity index (χ1v) is 7.70. The Morgan fingerprint density at radius 2 is 2.00 bits per heavy atom. The van der Waals surface area contributed by atoms with Gasteiger partial charge in [-0.3, -0.25) is 4.98 Å². The predicted octanol–water partition coefficient (Wildman–Crippen LogP) is 3.35. The van der Waals surface area contributed by atoms with Crippen LogP contribution in [0.2, 0.25) is 0 Å². The first-order chi connectivity index (χ1) is 12.2. The highest BCUT2D eigenvalue weighted by molar-refractivity contribution is 5.56. The molecule has 0 bridgehead atoms. The molecule has 0 unspecified atom stereocenters. The summed E-state index contributed by atoms with van der Waals surface area (Å²) in [5.74, 6) is -1.50. The van der Waals surface area contributed by atoms with E-state index in [9.17, 15) is 8.78 Å². The van der Waals surface area contributed by atoms with Crippen molar-refractivity contribution in [3.8, 4) is 17.3 Å². The van der Waals surface area contributed by atoms with Crippen LogP contribution in [0.25, 0.3) is 11.5 Å². The zero-order valence-electron chi connectivity index (χ0n) is 13.4. The number of methoxy groups -OCH3 is 1. The first-order valence-electron chi connectivity index (χ1n) is 7.70. The van der Waals surface area contributed by atoms with Crippen LogP contribution < -0.4 is 9.64 Å². The molecule has 2 aromatic heterocycles. The molecular formula is C18H14F2N4O. The van der Waals surface area contributed by atoms with Crippen molar-refractivity contribution in [1.29, 1.82) is 0 Å². The van der Waals surface area contributed by atoms with Gasteiger partial charge >= 0.3 is 0 Å². The Balaban J connectivity index is 1.65. The number of anilines is 1. The molecular weight excluding hydrogens is 326 g/mol. The minimum atomic E-state index is -0.986. The molecule has 25 heavy (non-hydrogen) atoms. The van der Waals surface area contributed by atoms with Gasteiger partial charge in [0.15, 0.2) is 17.4 Å². The van der Waals surface area contributed by atoms with Crippen molar-refractivity contribution in [2.75, 3.05) is 12.0 Å². The van der Waals surface area contributed by atoms with Gasteiger partial charge < -0.3 is 9.64 Å². The van der Waals surface area contributed by atoms with E-state index in [1.54, 1.807) is 12.4 Å². The van der Waals surface area contributed by atoms with Gasteiger partial charge in [-0.2, -0.15) is 4.39 Å². The molecule has 0 fully saturated rings. The topological polar surface area (TPSA) is 51.1 Å². The van der Waals surface area contributed by atoms with E-state index in [1.807, 2.05) is 23.1 Å². The Kier molecular flexibility index (Phi) is 3.76. The Bertz CT molecular complexity index is 934. The summed E-state index contributed by atoms with van der Waals surface area (Å²) < 4.78 is 32.3. The van der Waals surface area contributed by atoms with Crippen LogP contribution in [0.3, 0.4) is 0 Å². The van der Waals surface area contributed by atoms with Crippen molar-refractivity contribution in [3.05, 3.63) is 65.6 Å². The van der Waals surface area contributed by atoms with Gasteiger partial charge in [0.2, 0.25) is 5.82 Å². The zero-order valence-corrected chi connectivity index (χ0v) is 13.4. The summed E-state index contributed by atoms with van der Waals surface area (Å²) in [6, 6.07) is 8.19. The second-order valence-electron chi connectivity index (χ2n) is 5.68. The first kappa shape index (κ1) is 15.4. The third-order valence-corrected chi connectivity index (χ3v) is 4.11. The van der Waals surface area contributed by atoms with Crippen molar-refractivity contribution in [2.24, 2.45) is 0 Å². The summed E-state index contributed by atoms with van der Waals surface area (Å²) in [6.07, 6.45) is 3.44. The van der Waals surface area contributed by atoms with Crippen LogP contribution in [-0.2, 0) is 13.1 Å². The molecule has 0 spiro atoms. The van der Waals surface area contributed by atoms with E-state index in [-0.39, 0.29) is 5.75 Å². The zero-order chi connectivity index (χ0) is 17.4. The fourth-order valence-corrected chi connectivity index (χ4v) is 2.84.